The van der Waals surface area contributed by atoms with Crippen molar-refractivity contribution >= 4 is 35.3 Å². The Balaban J connectivity index is 0.000000382. The van der Waals surface area contributed by atoms with Crippen molar-refractivity contribution in [2.75, 3.05) is 59.7 Å². The molecule has 0 spiro atoms. The van der Waals surface area contributed by atoms with E-state index in [0.29, 0.717) is 32.7 Å². The van der Waals surface area contributed by atoms with E-state index >= 15 is 0 Å². The highest BCUT2D eigenvalue weighted by molar-refractivity contribution is 5.94. The minimum absolute atomic E-state index is 0.0331. The van der Waals surface area contributed by atoms with E-state index in [0.717, 1.165) is 54.1 Å². The Kier molecular flexibility index (Phi) is 23.3. The fourth-order valence-corrected chi connectivity index (χ4v) is 5.82. The molecular weight excluding hydrogens is 867 g/mol. The number of amides is 4. The summed E-state index contributed by atoms with van der Waals surface area (Å²) in [6.45, 7) is 11.3. The maximum atomic E-state index is 13.4. The van der Waals surface area contributed by atoms with Gasteiger partial charge in [-0.2, -0.15) is 31.3 Å². The molecule has 0 aliphatic heterocycles. The Labute approximate surface area is 383 Å². The maximum Gasteiger partial charge on any atom is 0.416 e. The summed E-state index contributed by atoms with van der Waals surface area (Å²) in [7, 11) is 7.85. The van der Waals surface area contributed by atoms with Crippen molar-refractivity contribution in [3.63, 3.8) is 0 Å². The number of isocyanates is 1. The molecule has 0 fully saturated rings. The van der Waals surface area contributed by atoms with Crippen LogP contribution in [0.15, 0.2) is 114 Å². The third kappa shape index (κ3) is 20.8. The number of benzene rings is 4. The number of nitrogens with zero attached hydrogens (tertiary/aromatic N) is 5. The Morgan fingerprint density at radius 1 is 0.606 bits per heavy atom. The Morgan fingerprint density at radius 3 is 1.38 bits per heavy atom. The van der Waals surface area contributed by atoms with Gasteiger partial charge in [-0.05, 0) is 99.7 Å². The van der Waals surface area contributed by atoms with Gasteiger partial charge >= 0.3 is 18.4 Å². The Hall–Kier alpha value is -6.07. The van der Waals surface area contributed by atoms with E-state index in [2.05, 4.69) is 20.5 Å². The second kappa shape index (κ2) is 27.4. The van der Waals surface area contributed by atoms with Gasteiger partial charge in [0, 0.05) is 45.0 Å². The summed E-state index contributed by atoms with van der Waals surface area (Å²) in [5.41, 5.74) is 6.91. The number of anilines is 1. The van der Waals surface area contributed by atoms with Crippen LogP contribution in [0.4, 0.5) is 42.5 Å². The SMILES string of the molecule is CC(C)[C@H](N)C(=O)N(CCN(C)C)Cc1ccccc1.CC(C)[C@H](NC(=O)Nc1ccc(C(F)(F)F)cc1)C(=O)N(CCN(C)C)Cc1ccccc1.O=C=Nc1ccc(C(F)(F)F)cc1. The standard InChI is InChI=1S/C24H31F3N4O2.C16H27N3O.C8H4F3NO/c1-17(2)21(29-23(33)28-20-12-10-19(11-13-20)24(25,26)27)22(32)31(15-14-30(3)4)16-18-8-6-5-7-9-18;1-13(2)15(17)16(20)19(11-10-18(3)4)12-14-8-6-5-7-9-14;9-8(10,11)6-1-3-7(4-2-6)12-5-13/h5-13,17,21H,14-16H2,1-4H3,(H2,28,29,33);5-9,13,15H,10-12,17H2,1-4H3;1-4H/t21-;15-;/m00./s1. The molecule has 0 saturated heterocycles. The predicted octanol–water partition coefficient (Wildman–Crippen LogP) is 8.67. The van der Waals surface area contributed by atoms with Crippen molar-refractivity contribution in [2.45, 2.75) is 65.2 Å². The summed E-state index contributed by atoms with van der Waals surface area (Å²) in [6, 6.07) is 25.8. The van der Waals surface area contributed by atoms with E-state index in [9.17, 15) is 45.5 Å². The zero-order valence-electron chi connectivity index (χ0n) is 38.7. The summed E-state index contributed by atoms with van der Waals surface area (Å²) < 4.78 is 74.2. The second-order valence-corrected chi connectivity index (χ2v) is 16.5. The summed E-state index contributed by atoms with van der Waals surface area (Å²) in [5, 5.41) is 5.19. The van der Waals surface area contributed by atoms with E-state index < -0.39 is 41.6 Å². The second-order valence-electron chi connectivity index (χ2n) is 16.5. The molecule has 0 heterocycles. The van der Waals surface area contributed by atoms with Gasteiger partial charge in [0.1, 0.15) is 6.04 Å². The average molecular weight is 929 g/mol. The topological polar surface area (TPSA) is 144 Å². The number of carbonyl (C=O) groups excluding carboxylic acids is 4. The van der Waals surface area contributed by atoms with Gasteiger partial charge in [-0.1, -0.05) is 88.4 Å². The number of nitrogens with two attached hydrogens (primary N) is 1. The van der Waals surface area contributed by atoms with Gasteiger partial charge in [0.25, 0.3) is 0 Å². The van der Waals surface area contributed by atoms with Gasteiger partial charge in [0.2, 0.25) is 17.9 Å². The lowest BCUT2D eigenvalue weighted by Crippen LogP contribution is -2.53. The Bertz CT molecular complexity index is 2100. The van der Waals surface area contributed by atoms with Gasteiger partial charge in [-0.15, -0.1) is 0 Å². The first kappa shape index (κ1) is 56.1. The minimum Gasteiger partial charge on any atom is -0.336 e. The lowest BCUT2D eigenvalue weighted by atomic mass is 10.0. The zero-order valence-corrected chi connectivity index (χ0v) is 38.7. The largest absolute Gasteiger partial charge is 0.416 e. The lowest BCUT2D eigenvalue weighted by Gasteiger charge is -2.31. The fraction of sp³-hybridized carbons (Fsp3) is 0.417. The molecule has 4 rings (SSSR count). The van der Waals surface area contributed by atoms with Gasteiger partial charge in [-0.3, -0.25) is 9.59 Å². The number of carbonyl (C=O) groups is 3. The van der Waals surface area contributed by atoms with Crippen LogP contribution in [-0.2, 0) is 39.8 Å². The normalized spacial score (nSPS) is 12.2. The molecule has 0 aromatic heterocycles. The molecule has 0 aliphatic carbocycles. The van der Waals surface area contributed by atoms with Crippen LogP contribution < -0.4 is 16.4 Å². The smallest absolute Gasteiger partial charge is 0.336 e. The van der Waals surface area contributed by atoms with Gasteiger partial charge in [0.05, 0.1) is 22.9 Å². The van der Waals surface area contributed by atoms with Gasteiger partial charge in [0.15, 0.2) is 0 Å². The monoisotopic (exact) mass is 928 g/mol. The first-order valence-electron chi connectivity index (χ1n) is 21.1. The highest BCUT2D eigenvalue weighted by atomic mass is 19.4. The number of halogens is 6. The van der Waals surface area contributed by atoms with E-state index in [1.54, 1.807) is 4.90 Å². The quantitative estimate of drug-likeness (QED) is 0.0547. The molecule has 0 unspecified atom stereocenters. The lowest BCUT2D eigenvalue weighted by molar-refractivity contribution is -0.138. The molecule has 0 saturated carbocycles. The number of hydrogen-bond donors (Lipinski definition) is 3. The average Bonchev–Trinajstić information content (AvgIpc) is 3.25. The van der Waals surface area contributed by atoms with Crippen molar-refractivity contribution in [1.82, 2.24) is 24.9 Å². The van der Waals surface area contributed by atoms with Crippen LogP contribution in [0.2, 0.25) is 0 Å². The molecule has 12 nitrogen and oxygen atoms in total. The van der Waals surface area contributed by atoms with Crippen molar-refractivity contribution < 1.29 is 45.5 Å². The number of rotatable bonds is 17. The number of urea groups is 1. The molecule has 0 aliphatic rings. The summed E-state index contributed by atoms with van der Waals surface area (Å²) in [6.07, 6.45) is -7.58. The molecule has 4 amide bonds. The summed E-state index contributed by atoms with van der Waals surface area (Å²) in [4.78, 5) is 58.9. The van der Waals surface area contributed by atoms with E-state index in [1.165, 1.54) is 18.2 Å². The van der Waals surface area contributed by atoms with E-state index in [4.69, 9.17) is 5.73 Å². The first-order chi connectivity index (χ1) is 30.9. The fourth-order valence-electron chi connectivity index (χ4n) is 5.82. The number of alkyl halides is 6. The van der Waals surface area contributed by atoms with Crippen molar-refractivity contribution in [1.29, 1.82) is 0 Å². The third-order valence-corrected chi connectivity index (χ3v) is 9.75. The molecule has 18 heteroatoms. The molecule has 0 bridgehead atoms. The highest BCUT2D eigenvalue weighted by Crippen LogP contribution is 2.31. The zero-order chi connectivity index (χ0) is 49.6. The van der Waals surface area contributed by atoms with E-state index in [1.807, 2.05) is 126 Å². The number of aliphatic imine (C=N–C) groups is 1. The van der Waals surface area contributed by atoms with Crippen LogP contribution in [0.3, 0.4) is 0 Å². The van der Waals surface area contributed by atoms with Crippen LogP contribution >= 0.6 is 0 Å². The molecular formula is C48H62F6N8O4. The number of likely N-dealkylation sites (N-methyl/N-ethyl adjacent to an activating group) is 2. The van der Waals surface area contributed by atoms with Crippen LogP contribution in [0.5, 0.6) is 0 Å². The molecule has 4 aromatic rings. The molecule has 2 atom stereocenters. The molecule has 4 aromatic carbocycles. The Morgan fingerprint density at radius 2 is 1.02 bits per heavy atom. The van der Waals surface area contributed by atoms with E-state index in [-0.39, 0.29) is 35.0 Å². The number of hydrogen-bond acceptors (Lipinski definition) is 8. The highest BCUT2D eigenvalue weighted by Gasteiger charge is 2.32. The molecule has 4 N–H and O–H groups in total. The van der Waals surface area contributed by atoms with Crippen molar-refractivity contribution in [3.8, 4) is 0 Å². The summed E-state index contributed by atoms with van der Waals surface area (Å²) in [5.74, 6) is -0.238. The summed E-state index contributed by atoms with van der Waals surface area (Å²) >= 11 is 0. The van der Waals surface area contributed by atoms with Crippen LogP contribution in [0.1, 0.15) is 49.9 Å². The molecule has 66 heavy (non-hydrogen) atoms. The van der Waals surface area contributed by atoms with Crippen LogP contribution in [0.25, 0.3) is 0 Å². The predicted molar refractivity (Wildman–Crippen MR) is 245 cm³/mol. The van der Waals surface area contributed by atoms with Crippen molar-refractivity contribution in [2.24, 2.45) is 22.6 Å². The van der Waals surface area contributed by atoms with Crippen molar-refractivity contribution in [3.05, 3.63) is 131 Å². The first-order valence-corrected chi connectivity index (χ1v) is 21.1. The number of nitrogens with one attached hydrogen (secondary N) is 2. The van der Waals surface area contributed by atoms with Gasteiger partial charge < -0.3 is 36.0 Å². The van der Waals surface area contributed by atoms with Crippen LogP contribution in [0, 0.1) is 11.8 Å². The third-order valence-electron chi connectivity index (χ3n) is 9.75. The van der Waals surface area contributed by atoms with Crippen LogP contribution in [-0.4, -0.2) is 110 Å². The minimum atomic E-state index is -4.45. The van der Waals surface area contributed by atoms with Gasteiger partial charge in [-0.25, -0.2) is 9.59 Å². The molecule has 360 valence electrons. The molecule has 0 radical (unpaired) electrons. The maximum absolute atomic E-state index is 13.4.